The number of hydrogen-bond donors (Lipinski definition) is 0. The Morgan fingerprint density at radius 3 is 2.94 bits per heavy atom. The van der Waals surface area contributed by atoms with Crippen molar-refractivity contribution in [3.05, 3.63) is 35.9 Å². The first-order chi connectivity index (χ1) is 8.69. The van der Waals surface area contributed by atoms with Gasteiger partial charge in [0.2, 0.25) is 0 Å². The third-order valence-electron chi connectivity index (χ3n) is 2.46. The van der Waals surface area contributed by atoms with Crippen LogP contribution in [0.25, 0.3) is 11.3 Å². The van der Waals surface area contributed by atoms with Gasteiger partial charge in [-0.3, -0.25) is 4.79 Å². The van der Waals surface area contributed by atoms with E-state index in [1.807, 2.05) is 38.1 Å². The molecule has 2 rings (SSSR count). The minimum Gasteiger partial charge on any atom is -0.404 e. The molecular formula is C14H15NO3. The first-order valence-corrected chi connectivity index (χ1v) is 5.93. The van der Waals surface area contributed by atoms with Gasteiger partial charge in [-0.15, -0.1) is 0 Å². The van der Waals surface area contributed by atoms with Gasteiger partial charge in [0.25, 0.3) is 5.88 Å². The zero-order valence-electron chi connectivity index (χ0n) is 10.5. The number of carbonyl (C=O) groups excluding carboxylic acids is 1. The maximum atomic E-state index is 11.3. The molecule has 1 heterocycles. The standard InChI is InChI=1S/C14H15NO3/c1-3-5-14(16)17-13-9-12(18-15-13)11-7-4-6-10(2)8-11/h4,6-9H,3,5H2,1-2H3. The van der Waals surface area contributed by atoms with E-state index in [1.165, 1.54) is 0 Å². The Morgan fingerprint density at radius 2 is 2.22 bits per heavy atom. The van der Waals surface area contributed by atoms with Crippen LogP contribution < -0.4 is 4.74 Å². The lowest BCUT2D eigenvalue weighted by molar-refractivity contribution is -0.134. The molecule has 0 saturated carbocycles. The molecule has 0 radical (unpaired) electrons. The molecule has 18 heavy (non-hydrogen) atoms. The third-order valence-corrected chi connectivity index (χ3v) is 2.46. The van der Waals surface area contributed by atoms with Gasteiger partial charge >= 0.3 is 5.97 Å². The summed E-state index contributed by atoms with van der Waals surface area (Å²) in [5, 5.41) is 3.73. The van der Waals surface area contributed by atoms with Gasteiger partial charge < -0.3 is 9.26 Å². The molecule has 0 bridgehead atoms. The Balaban J connectivity index is 2.13. The monoisotopic (exact) mass is 245 g/mol. The van der Waals surface area contributed by atoms with Gasteiger partial charge in [-0.05, 0) is 24.6 Å². The van der Waals surface area contributed by atoms with Gasteiger partial charge in [0.05, 0.1) is 6.07 Å². The second kappa shape index (κ2) is 5.49. The topological polar surface area (TPSA) is 52.3 Å². The number of carbonyl (C=O) groups is 1. The van der Waals surface area contributed by atoms with E-state index in [0.717, 1.165) is 17.5 Å². The second-order valence-electron chi connectivity index (χ2n) is 4.12. The van der Waals surface area contributed by atoms with Crippen molar-refractivity contribution in [1.29, 1.82) is 0 Å². The molecule has 0 aliphatic heterocycles. The van der Waals surface area contributed by atoms with Crippen LogP contribution in [0.15, 0.2) is 34.9 Å². The first kappa shape index (κ1) is 12.4. The van der Waals surface area contributed by atoms with Crippen LogP contribution in [0.3, 0.4) is 0 Å². The Hall–Kier alpha value is -2.10. The van der Waals surface area contributed by atoms with Crippen molar-refractivity contribution in [2.75, 3.05) is 0 Å². The number of ether oxygens (including phenoxy) is 1. The molecule has 0 spiro atoms. The van der Waals surface area contributed by atoms with Crippen molar-refractivity contribution in [1.82, 2.24) is 5.16 Å². The van der Waals surface area contributed by atoms with E-state index in [-0.39, 0.29) is 11.8 Å². The highest BCUT2D eigenvalue weighted by molar-refractivity contribution is 5.72. The Bertz CT molecular complexity index is 545. The molecule has 94 valence electrons. The summed E-state index contributed by atoms with van der Waals surface area (Å²) in [7, 11) is 0. The number of esters is 1. The van der Waals surface area contributed by atoms with Crippen molar-refractivity contribution >= 4 is 5.97 Å². The molecule has 0 fully saturated rings. The fraction of sp³-hybridized carbons (Fsp3) is 0.286. The number of benzene rings is 1. The van der Waals surface area contributed by atoms with E-state index in [0.29, 0.717) is 12.2 Å². The molecular weight excluding hydrogens is 230 g/mol. The molecule has 0 atom stereocenters. The van der Waals surface area contributed by atoms with Crippen LogP contribution in [0.2, 0.25) is 0 Å². The maximum absolute atomic E-state index is 11.3. The first-order valence-electron chi connectivity index (χ1n) is 5.93. The molecule has 0 saturated heterocycles. The van der Waals surface area contributed by atoms with Crippen molar-refractivity contribution in [2.24, 2.45) is 0 Å². The summed E-state index contributed by atoms with van der Waals surface area (Å²) in [6.45, 7) is 3.92. The second-order valence-corrected chi connectivity index (χ2v) is 4.12. The lowest BCUT2D eigenvalue weighted by atomic mass is 10.1. The summed E-state index contributed by atoms with van der Waals surface area (Å²) in [4.78, 5) is 11.3. The van der Waals surface area contributed by atoms with Crippen molar-refractivity contribution in [3.63, 3.8) is 0 Å². The highest BCUT2D eigenvalue weighted by Crippen LogP contribution is 2.24. The number of rotatable bonds is 4. The molecule has 4 nitrogen and oxygen atoms in total. The van der Waals surface area contributed by atoms with Crippen molar-refractivity contribution < 1.29 is 14.1 Å². The van der Waals surface area contributed by atoms with E-state index in [2.05, 4.69) is 5.16 Å². The van der Waals surface area contributed by atoms with Crippen LogP contribution >= 0.6 is 0 Å². The molecule has 2 aromatic rings. The fourth-order valence-corrected chi connectivity index (χ4v) is 1.61. The average molecular weight is 245 g/mol. The summed E-state index contributed by atoms with van der Waals surface area (Å²) >= 11 is 0. The van der Waals surface area contributed by atoms with Gasteiger partial charge in [-0.25, -0.2) is 0 Å². The number of nitrogens with zero attached hydrogens (tertiary/aromatic N) is 1. The Morgan fingerprint density at radius 1 is 1.39 bits per heavy atom. The molecule has 0 amide bonds. The Kier molecular flexibility index (Phi) is 3.77. The summed E-state index contributed by atoms with van der Waals surface area (Å²) in [5.41, 5.74) is 2.05. The number of aryl methyl sites for hydroxylation is 1. The Labute approximate surface area is 106 Å². The smallest absolute Gasteiger partial charge is 0.312 e. The largest absolute Gasteiger partial charge is 0.404 e. The fourth-order valence-electron chi connectivity index (χ4n) is 1.61. The van der Waals surface area contributed by atoms with E-state index in [1.54, 1.807) is 6.07 Å². The van der Waals surface area contributed by atoms with Crippen LogP contribution in [0.4, 0.5) is 0 Å². The van der Waals surface area contributed by atoms with E-state index < -0.39 is 0 Å². The predicted octanol–water partition coefficient (Wildman–Crippen LogP) is 3.36. The quantitative estimate of drug-likeness (QED) is 0.775. The molecule has 0 unspecified atom stereocenters. The SMILES string of the molecule is CCCC(=O)Oc1cc(-c2cccc(C)c2)on1. The molecule has 0 N–H and O–H groups in total. The zero-order valence-corrected chi connectivity index (χ0v) is 10.5. The summed E-state index contributed by atoms with van der Waals surface area (Å²) in [6, 6.07) is 9.48. The highest BCUT2D eigenvalue weighted by Gasteiger charge is 2.10. The van der Waals surface area contributed by atoms with Crippen LogP contribution in [-0.2, 0) is 4.79 Å². The van der Waals surface area contributed by atoms with Gasteiger partial charge in [0, 0.05) is 12.0 Å². The average Bonchev–Trinajstić information content (AvgIpc) is 2.78. The van der Waals surface area contributed by atoms with Gasteiger partial charge in [-0.2, -0.15) is 0 Å². The van der Waals surface area contributed by atoms with Gasteiger partial charge in [0.15, 0.2) is 5.76 Å². The molecule has 0 aliphatic carbocycles. The van der Waals surface area contributed by atoms with Gasteiger partial charge in [-0.1, -0.05) is 30.7 Å². The number of hydrogen-bond acceptors (Lipinski definition) is 4. The summed E-state index contributed by atoms with van der Waals surface area (Å²) in [5.74, 6) is 0.518. The maximum Gasteiger partial charge on any atom is 0.312 e. The van der Waals surface area contributed by atoms with Crippen molar-refractivity contribution in [2.45, 2.75) is 26.7 Å². The minimum atomic E-state index is -0.290. The molecule has 0 aliphatic rings. The lowest BCUT2D eigenvalue weighted by Crippen LogP contribution is -2.06. The third kappa shape index (κ3) is 2.97. The minimum absolute atomic E-state index is 0.213. The van der Waals surface area contributed by atoms with E-state index >= 15 is 0 Å². The van der Waals surface area contributed by atoms with Crippen LogP contribution in [-0.4, -0.2) is 11.1 Å². The molecule has 1 aromatic carbocycles. The van der Waals surface area contributed by atoms with E-state index in [9.17, 15) is 4.79 Å². The summed E-state index contributed by atoms with van der Waals surface area (Å²) < 4.78 is 10.2. The molecule has 1 aromatic heterocycles. The lowest BCUT2D eigenvalue weighted by Gasteiger charge is -1.97. The number of aromatic nitrogens is 1. The zero-order chi connectivity index (χ0) is 13.0. The van der Waals surface area contributed by atoms with Crippen LogP contribution in [0.5, 0.6) is 5.88 Å². The highest BCUT2D eigenvalue weighted by atomic mass is 16.6. The van der Waals surface area contributed by atoms with Crippen molar-refractivity contribution in [3.8, 4) is 17.2 Å². The predicted molar refractivity (Wildman–Crippen MR) is 67.2 cm³/mol. The van der Waals surface area contributed by atoms with Crippen LogP contribution in [0.1, 0.15) is 25.3 Å². The normalized spacial score (nSPS) is 10.3. The van der Waals surface area contributed by atoms with E-state index in [4.69, 9.17) is 9.26 Å². The molecule has 4 heteroatoms. The van der Waals surface area contributed by atoms with Gasteiger partial charge in [0.1, 0.15) is 0 Å². The summed E-state index contributed by atoms with van der Waals surface area (Å²) in [6.07, 6.45) is 1.13. The van der Waals surface area contributed by atoms with Crippen LogP contribution in [0, 0.1) is 6.92 Å².